The molecule has 6 heteroatoms. The number of aromatic nitrogens is 2. The fourth-order valence-electron chi connectivity index (χ4n) is 2.34. The fraction of sp³-hybridized carbons (Fsp3) is 0.643. The molecule has 1 unspecified atom stereocenters. The number of rotatable bonds is 8. The van der Waals surface area contributed by atoms with Gasteiger partial charge in [-0.1, -0.05) is 13.8 Å². The summed E-state index contributed by atoms with van der Waals surface area (Å²) >= 11 is 1.63. The number of fused-ring (bicyclic) bond motifs is 1. The molecule has 0 aliphatic carbocycles. The monoisotopic (exact) mass is 296 g/mol. The summed E-state index contributed by atoms with van der Waals surface area (Å²) in [5.41, 5.74) is 1.09. The van der Waals surface area contributed by atoms with Gasteiger partial charge < -0.3 is 15.0 Å². The van der Waals surface area contributed by atoms with Crippen LogP contribution in [0.15, 0.2) is 11.6 Å². The molecule has 2 heterocycles. The summed E-state index contributed by atoms with van der Waals surface area (Å²) in [6, 6.07) is 0.434. The molecule has 0 aliphatic heterocycles. The number of nitrogens with zero attached hydrogens (tertiary/aromatic N) is 3. The van der Waals surface area contributed by atoms with Crippen molar-refractivity contribution in [3.63, 3.8) is 0 Å². The van der Waals surface area contributed by atoms with Crippen LogP contribution in [-0.4, -0.2) is 47.1 Å². The van der Waals surface area contributed by atoms with E-state index in [1.54, 1.807) is 18.4 Å². The van der Waals surface area contributed by atoms with E-state index in [1.807, 2.05) is 11.6 Å². The zero-order chi connectivity index (χ0) is 14.5. The Balaban J connectivity index is 1.99. The highest BCUT2D eigenvalue weighted by molar-refractivity contribution is 7.15. The maximum Gasteiger partial charge on any atom is 0.237 e. The van der Waals surface area contributed by atoms with E-state index in [0.717, 1.165) is 42.7 Å². The lowest BCUT2D eigenvalue weighted by molar-refractivity contribution is 0.269. The first kappa shape index (κ1) is 15.3. The third kappa shape index (κ3) is 3.31. The topological polar surface area (TPSA) is 41.8 Å². The van der Waals surface area contributed by atoms with E-state index in [1.165, 1.54) is 0 Å². The van der Waals surface area contributed by atoms with Crippen LogP contribution in [0.4, 0.5) is 0 Å². The van der Waals surface area contributed by atoms with Crippen LogP contribution in [0, 0.1) is 0 Å². The largest absolute Gasteiger partial charge is 0.480 e. The van der Waals surface area contributed by atoms with E-state index in [2.05, 4.69) is 40.4 Å². The second-order valence-corrected chi connectivity index (χ2v) is 5.76. The minimum atomic E-state index is 0.434. The van der Waals surface area contributed by atoms with Crippen molar-refractivity contribution >= 4 is 16.3 Å². The lowest BCUT2D eigenvalue weighted by Gasteiger charge is -2.23. The predicted molar refractivity (Wildman–Crippen MR) is 83.7 cm³/mol. The molecule has 0 aliphatic rings. The quantitative estimate of drug-likeness (QED) is 0.811. The molecule has 0 amide bonds. The molecule has 1 atom stereocenters. The molecule has 2 aromatic rings. The van der Waals surface area contributed by atoms with Crippen LogP contribution in [0.5, 0.6) is 5.88 Å². The minimum absolute atomic E-state index is 0.434. The molecule has 0 spiro atoms. The molecular formula is C14H24N4OS. The molecule has 0 fully saturated rings. The van der Waals surface area contributed by atoms with Crippen LogP contribution in [-0.2, 0) is 6.54 Å². The van der Waals surface area contributed by atoms with Crippen molar-refractivity contribution in [1.82, 2.24) is 19.6 Å². The predicted octanol–water partition coefficient (Wildman–Crippen LogP) is 2.22. The van der Waals surface area contributed by atoms with Crippen molar-refractivity contribution < 1.29 is 4.74 Å². The van der Waals surface area contributed by atoms with Crippen LogP contribution in [0.25, 0.3) is 4.96 Å². The average molecular weight is 296 g/mol. The highest BCUT2D eigenvalue weighted by Gasteiger charge is 2.15. The first-order chi connectivity index (χ1) is 9.69. The zero-order valence-corrected chi connectivity index (χ0v) is 13.5. The van der Waals surface area contributed by atoms with Gasteiger partial charge in [-0.25, -0.2) is 0 Å². The number of methoxy groups -OCH3 is 1. The minimum Gasteiger partial charge on any atom is -0.480 e. The maximum absolute atomic E-state index is 5.37. The molecule has 1 N–H and O–H groups in total. The van der Waals surface area contributed by atoms with Gasteiger partial charge >= 0.3 is 0 Å². The van der Waals surface area contributed by atoms with Crippen molar-refractivity contribution in [2.75, 3.05) is 26.7 Å². The Morgan fingerprint density at radius 3 is 2.85 bits per heavy atom. The number of thiazole rings is 1. The van der Waals surface area contributed by atoms with Crippen molar-refractivity contribution in [2.45, 2.75) is 33.4 Å². The fourth-order valence-corrected chi connectivity index (χ4v) is 3.07. The zero-order valence-electron chi connectivity index (χ0n) is 12.7. The molecule has 0 bridgehead atoms. The summed E-state index contributed by atoms with van der Waals surface area (Å²) in [5.74, 6) is 0.722. The molecule has 5 nitrogen and oxygen atoms in total. The highest BCUT2D eigenvalue weighted by atomic mass is 32.1. The lowest BCUT2D eigenvalue weighted by Crippen LogP contribution is -2.38. The number of likely N-dealkylation sites (N-methyl/N-ethyl adjacent to an activating group) is 1. The molecule has 0 saturated carbocycles. The smallest absolute Gasteiger partial charge is 0.237 e. The Labute approximate surface area is 124 Å². The second kappa shape index (κ2) is 7.06. The van der Waals surface area contributed by atoms with Crippen molar-refractivity contribution in [3.8, 4) is 5.88 Å². The van der Waals surface area contributed by atoms with Crippen LogP contribution in [0.2, 0.25) is 0 Å². The molecule has 2 aromatic heterocycles. The SMILES string of the molecule is CCN(CC)CC(C)NCc1c(OC)nc2sccn12. The van der Waals surface area contributed by atoms with E-state index < -0.39 is 0 Å². The highest BCUT2D eigenvalue weighted by Crippen LogP contribution is 2.22. The Kier molecular flexibility index (Phi) is 5.39. The summed E-state index contributed by atoms with van der Waals surface area (Å²) in [6.07, 6.45) is 2.04. The molecular weight excluding hydrogens is 272 g/mol. The maximum atomic E-state index is 5.37. The Hall–Kier alpha value is -1.11. The first-order valence-electron chi connectivity index (χ1n) is 7.13. The van der Waals surface area contributed by atoms with Gasteiger partial charge in [0.25, 0.3) is 0 Å². The number of hydrogen-bond donors (Lipinski definition) is 1. The van der Waals surface area contributed by atoms with Gasteiger partial charge in [0, 0.05) is 30.7 Å². The van der Waals surface area contributed by atoms with E-state index in [-0.39, 0.29) is 0 Å². The molecule has 2 rings (SSSR count). The Morgan fingerprint density at radius 1 is 1.45 bits per heavy atom. The first-order valence-corrected chi connectivity index (χ1v) is 8.01. The van der Waals surface area contributed by atoms with E-state index >= 15 is 0 Å². The van der Waals surface area contributed by atoms with Gasteiger partial charge in [0.1, 0.15) is 5.69 Å². The standard InChI is InChI=1S/C14H24N4OS/c1-5-17(6-2)10-11(3)15-9-12-13(19-4)16-14-18(12)7-8-20-14/h7-8,11,15H,5-6,9-10H2,1-4H3. The van der Waals surface area contributed by atoms with Crippen molar-refractivity contribution in [1.29, 1.82) is 0 Å². The second-order valence-electron chi connectivity index (χ2n) is 4.89. The summed E-state index contributed by atoms with van der Waals surface area (Å²) in [5, 5.41) is 5.61. The van der Waals surface area contributed by atoms with Gasteiger partial charge in [-0.3, -0.25) is 4.40 Å². The number of ether oxygens (including phenoxy) is 1. The summed E-state index contributed by atoms with van der Waals surface area (Å²) < 4.78 is 7.47. The van der Waals surface area contributed by atoms with E-state index in [9.17, 15) is 0 Å². The summed E-state index contributed by atoms with van der Waals surface area (Å²) in [7, 11) is 1.68. The van der Waals surface area contributed by atoms with Crippen molar-refractivity contribution in [2.24, 2.45) is 0 Å². The molecule has 0 saturated heterocycles. The Bertz CT molecular complexity index is 532. The van der Waals surface area contributed by atoms with Gasteiger partial charge in [0.2, 0.25) is 5.88 Å². The van der Waals surface area contributed by atoms with Gasteiger partial charge in [-0.2, -0.15) is 4.98 Å². The normalized spacial score (nSPS) is 13.2. The van der Waals surface area contributed by atoms with Crippen molar-refractivity contribution in [3.05, 3.63) is 17.3 Å². The number of hydrogen-bond acceptors (Lipinski definition) is 5. The lowest BCUT2D eigenvalue weighted by atomic mass is 10.3. The van der Waals surface area contributed by atoms with Crippen LogP contribution >= 0.6 is 11.3 Å². The van der Waals surface area contributed by atoms with E-state index in [0.29, 0.717) is 6.04 Å². The van der Waals surface area contributed by atoms with E-state index in [4.69, 9.17) is 4.74 Å². The van der Waals surface area contributed by atoms with Gasteiger partial charge in [0.15, 0.2) is 4.96 Å². The van der Waals surface area contributed by atoms with Gasteiger partial charge in [-0.15, -0.1) is 11.3 Å². The molecule has 0 aromatic carbocycles. The molecule has 0 radical (unpaired) electrons. The summed E-state index contributed by atoms with van der Waals surface area (Å²) in [4.78, 5) is 7.87. The van der Waals surface area contributed by atoms with Crippen LogP contribution in [0.1, 0.15) is 26.5 Å². The van der Waals surface area contributed by atoms with Gasteiger partial charge in [-0.05, 0) is 20.0 Å². The Morgan fingerprint density at radius 2 is 2.20 bits per heavy atom. The van der Waals surface area contributed by atoms with Crippen LogP contribution < -0.4 is 10.1 Å². The summed E-state index contributed by atoms with van der Waals surface area (Å²) in [6.45, 7) is 10.6. The third-order valence-electron chi connectivity index (χ3n) is 3.56. The van der Waals surface area contributed by atoms with Crippen LogP contribution in [0.3, 0.4) is 0 Å². The molecule has 112 valence electrons. The van der Waals surface area contributed by atoms with Gasteiger partial charge in [0.05, 0.1) is 7.11 Å². The average Bonchev–Trinajstić information content (AvgIpc) is 3.03. The number of imidazole rings is 1. The number of nitrogens with one attached hydrogen (secondary N) is 1. The third-order valence-corrected chi connectivity index (χ3v) is 4.32. The molecule has 20 heavy (non-hydrogen) atoms.